The SMILES string of the molecule is COc1cc(C(NC(=O)C(Cl)Cl)NC(=O)C(Cl)Cl)ccc1OCCC(C)C. The number of rotatable bonds is 10. The molecule has 152 valence electrons. The highest BCUT2D eigenvalue weighted by atomic mass is 35.5. The van der Waals surface area contributed by atoms with Gasteiger partial charge in [0.2, 0.25) is 0 Å². The van der Waals surface area contributed by atoms with E-state index in [4.69, 9.17) is 55.9 Å². The second-order valence-electron chi connectivity index (χ2n) is 5.99. The zero-order chi connectivity index (χ0) is 20.6. The summed E-state index contributed by atoms with van der Waals surface area (Å²) in [5.74, 6) is 0.0917. The summed E-state index contributed by atoms with van der Waals surface area (Å²) < 4.78 is 11.1. The highest BCUT2D eigenvalue weighted by molar-refractivity contribution is 6.54. The van der Waals surface area contributed by atoms with Crippen LogP contribution in [0.25, 0.3) is 0 Å². The van der Waals surface area contributed by atoms with Gasteiger partial charge in [-0.1, -0.05) is 66.3 Å². The van der Waals surface area contributed by atoms with Crippen molar-refractivity contribution < 1.29 is 19.1 Å². The fraction of sp³-hybridized carbons (Fsp3) is 0.529. The molecule has 0 spiro atoms. The zero-order valence-corrected chi connectivity index (χ0v) is 18.1. The molecular formula is C17H22Cl4N2O4. The number of nitrogens with one attached hydrogen (secondary N) is 2. The van der Waals surface area contributed by atoms with Gasteiger partial charge in [-0.15, -0.1) is 0 Å². The van der Waals surface area contributed by atoms with Crippen molar-refractivity contribution in [1.29, 1.82) is 0 Å². The Bertz CT molecular complexity index is 619. The van der Waals surface area contributed by atoms with Crippen molar-refractivity contribution in [2.45, 2.75) is 36.1 Å². The molecule has 0 fully saturated rings. The largest absolute Gasteiger partial charge is 0.493 e. The number of alkyl halides is 4. The summed E-state index contributed by atoms with van der Waals surface area (Å²) in [4.78, 5) is 21.1. The lowest BCUT2D eigenvalue weighted by molar-refractivity contribution is -0.122. The van der Waals surface area contributed by atoms with E-state index in [0.717, 1.165) is 6.42 Å². The Morgan fingerprint density at radius 2 is 1.56 bits per heavy atom. The van der Waals surface area contributed by atoms with Crippen molar-refractivity contribution in [2.75, 3.05) is 13.7 Å². The number of methoxy groups -OCH3 is 1. The van der Waals surface area contributed by atoms with Crippen LogP contribution in [0.15, 0.2) is 18.2 Å². The highest BCUT2D eigenvalue weighted by Gasteiger charge is 2.24. The smallest absolute Gasteiger partial charge is 0.255 e. The molecule has 0 aliphatic rings. The van der Waals surface area contributed by atoms with Crippen LogP contribution in [0.4, 0.5) is 0 Å². The molecule has 0 heterocycles. The maximum Gasteiger partial charge on any atom is 0.255 e. The van der Waals surface area contributed by atoms with Crippen LogP contribution in [0.2, 0.25) is 0 Å². The molecule has 2 amide bonds. The molecule has 1 rings (SSSR count). The van der Waals surface area contributed by atoms with E-state index in [9.17, 15) is 9.59 Å². The number of hydrogen-bond acceptors (Lipinski definition) is 4. The molecule has 0 bridgehead atoms. The van der Waals surface area contributed by atoms with Gasteiger partial charge in [0, 0.05) is 0 Å². The zero-order valence-electron chi connectivity index (χ0n) is 15.1. The molecule has 27 heavy (non-hydrogen) atoms. The third-order valence-corrected chi connectivity index (χ3v) is 4.24. The number of carbonyl (C=O) groups is 2. The van der Waals surface area contributed by atoms with Gasteiger partial charge in [0.1, 0.15) is 6.17 Å². The van der Waals surface area contributed by atoms with Gasteiger partial charge in [-0.25, -0.2) is 0 Å². The van der Waals surface area contributed by atoms with E-state index in [1.165, 1.54) is 7.11 Å². The first-order chi connectivity index (χ1) is 12.6. The normalized spacial score (nSPS) is 11.2. The number of ether oxygens (including phenoxy) is 2. The van der Waals surface area contributed by atoms with Gasteiger partial charge in [-0.2, -0.15) is 0 Å². The fourth-order valence-corrected chi connectivity index (χ4v) is 2.25. The van der Waals surface area contributed by atoms with Crippen LogP contribution in [0, 0.1) is 5.92 Å². The number of halogens is 4. The monoisotopic (exact) mass is 458 g/mol. The molecule has 0 unspecified atom stereocenters. The van der Waals surface area contributed by atoms with Gasteiger partial charge in [0.05, 0.1) is 13.7 Å². The van der Waals surface area contributed by atoms with E-state index < -0.39 is 27.7 Å². The quantitative estimate of drug-likeness (QED) is 0.410. The molecule has 2 N–H and O–H groups in total. The lowest BCUT2D eigenvalue weighted by Crippen LogP contribution is -2.44. The van der Waals surface area contributed by atoms with Crippen LogP contribution < -0.4 is 20.1 Å². The van der Waals surface area contributed by atoms with Crippen molar-refractivity contribution in [3.05, 3.63) is 23.8 Å². The van der Waals surface area contributed by atoms with E-state index in [0.29, 0.717) is 29.6 Å². The average Bonchev–Trinajstić information content (AvgIpc) is 2.60. The van der Waals surface area contributed by atoms with Crippen LogP contribution in [-0.4, -0.2) is 35.2 Å². The molecule has 0 saturated heterocycles. The van der Waals surface area contributed by atoms with Crippen LogP contribution >= 0.6 is 46.4 Å². The third-order valence-electron chi connectivity index (χ3n) is 3.44. The van der Waals surface area contributed by atoms with Crippen LogP contribution in [-0.2, 0) is 9.59 Å². The Balaban J connectivity index is 3.05. The Morgan fingerprint density at radius 3 is 2.00 bits per heavy atom. The van der Waals surface area contributed by atoms with Gasteiger partial charge < -0.3 is 20.1 Å². The predicted molar refractivity (Wildman–Crippen MR) is 108 cm³/mol. The van der Waals surface area contributed by atoms with Gasteiger partial charge in [0.15, 0.2) is 21.2 Å². The molecule has 0 aliphatic carbocycles. The number of hydrogen-bond donors (Lipinski definition) is 2. The summed E-state index contributed by atoms with van der Waals surface area (Å²) in [6, 6.07) is 4.95. The standard InChI is InChI=1S/C17H22Cl4N2O4/c1-9(2)6-7-27-11-5-4-10(8-12(11)26-3)15(22-16(24)13(18)19)23-17(25)14(20)21/h4-5,8-9,13-15H,6-7H2,1-3H3,(H,22,24)(H,23,25). The molecule has 1 aromatic rings. The molecule has 0 atom stereocenters. The van der Waals surface area contributed by atoms with Crippen LogP contribution in [0.1, 0.15) is 32.0 Å². The van der Waals surface area contributed by atoms with E-state index in [2.05, 4.69) is 24.5 Å². The lowest BCUT2D eigenvalue weighted by atomic mass is 10.1. The second-order valence-corrected chi connectivity index (χ2v) is 8.19. The van der Waals surface area contributed by atoms with Gasteiger partial charge in [-0.05, 0) is 30.0 Å². The minimum absolute atomic E-state index is 0.436. The lowest BCUT2D eigenvalue weighted by Gasteiger charge is -2.22. The molecule has 1 aromatic carbocycles. The predicted octanol–water partition coefficient (Wildman–Crippen LogP) is 3.96. The van der Waals surface area contributed by atoms with Crippen molar-refractivity contribution in [1.82, 2.24) is 10.6 Å². The summed E-state index contributed by atoms with van der Waals surface area (Å²) in [7, 11) is 1.49. The summed E-state index contributed by atoms with van der Waals surface area (Å²) in [6.45, 7) is 4.73. The molecule has 0 aliphatic heterocycles. The third kappa shape index (κ3) is 8.21. The number of amides is 2. The van der Waals surface area contributed by atoms with Crippen molar-refractivity contribution >= 4 is 58.2 Å². The maximum absolute atomic E-state index is 11.9. The molecule has 0 aromatic heterocycles. The summed E-state index contributed by atoms with van der Waals surface area (Å²) >= 11 is 22.3. The first kappa shape index (κ1) is 24.0. The first-order valence-corrected chi connectivity index (χ1v) is 9.88. The minimum Gasteiger partial charge on any atom is -0.493 e. The molecule has 0 radical (unpaired) electrons. The maximum atomic E-state index is 11.9. The Morgan fingerprint density at radius 1 is 1.00 bits per heavy atom. The Labute approximate surface area is 178 Å². The molecule has 6 nitrogen and oxygen atoms in total. The van der Waals surface area contributed by atoms with E-state index in [1.54, 1.807) is 18.2 Å². The summed E-state index contributed by atoms with van der Waals surface area (Å²) in [5.41, 5.74) is 0.493. The second kappa shape index (κ2) is 11.7. The average molecular weight is 460 g/mol. The Hall–Kier alpha value is -1.08. The topological polar surface area (TPSA) is 76.7 Å². The number of benzene rings is 1. The van der Waals surface area contributed by atoms with Crippen molar-refractivity contribution in [2.24, 2.45) is 5.92 Å². The van der Waals surface area contributed by atoms with Crippen LogP contribution in [0.5, 0.6) is 11.5 Å². The first-order valence-electron chi connectivity index (χ1n) is 8.13. The molecular weight excluding hydrogens is 438 g/mol. The van der Waals surface area contributed by atoms with E-state index in [1.807, 2.05) is 0 Å². The fourth-order valence-electron chi connectivity index (χ4n) is 2.00. The summed E-state index contributed by atoms with van der Waals surface area (Å²) in [6.07, 6.45) is -0.0807. The minimum atomic E-state index is -1.31. The van der Waals surface area contributed by atoms with E-state index in [-0.39, 0.29) is 0 Å². The van der Waals surface area contributed by atoms with Gasteiger partial charge in [0.25, 0.3) is 11.8 Å². The number of carbonyl (C=O) groups excluding carboxylic acids is 2. The molecule has 10 heteroatoms. The van der Waals surface area contributed by atoms with Gasteiger partial charge >= 0.3 is 0 Å². The highest BCUT2D eigenvalue weighted by Crippen LogP contribution is 2.30. The van der Waals surface area contributed by atoms with Crippen molar-refractivity contribution in [3.63, 3.8) is 0 Å². The Kier molecular flexibility index (Phi) is 10.4. The van der Waals surface area contributed by atoms with Crippen molar-refractivity contribution in [3.8, 4) is 11.5 Å². The van der Waals surface area contributed by atoms with Gasteiger partial charge in [-0.3, -0.25) is 9.59 Å². The molecule has 0 saturated carbocycles. The van der Waals surface area contributed by atoms with Crippen LogP contribution in [0.3, 0.4) is 0 Å². The summed E-state index contributed by atoms with van der Waals surface area (Å²) in [5, 5.41) is 5.00. The van der Waals surface area contributed by atoms with E-state index >= 15 is 0 Å².